The minimum absolute atomic E-state index is 0.130. The Morgan fingerprint density at radius 1 is 1.06 bits per heavy atom. The first-order valence-electron chi connectivity index (χ1n) is 11.3. The molecule has 5 aromatic rings. The van der Waals surface area contributed by atoms with Crippen LogP contribution in [0.15, 0.2) is 76.1 Å². The molecule has 0 aliphatic heterocycles. The van der Waals surface area contributed by atoms with Gasteiger partial charge in [-0.2, -0.15) is 0 Å². The van der Waals surface area contributed by atoms with Crippen LogP contribution < -0.4 is 10.3 Å². The van der Waals surface area contributed by atoms with E-state index in [-0.39, 0.29) is 5.56 Å². The SMILES string of the molecule is COc1ccc2cc(CN(Cc3ccc(C)cc3)Cc3nnnn3Cc3ccco3)c(=O)[nH]c2c1. The molecule has 0 radical (unpaired) electrons. The molecule has 1 N–H and O–H groups in total. The number of methoxy groups -OCH3 is 1. The normalized spacial score (nSPS) is 11.4. The van der Waals surface area contributed by atoms with Crippen LogP contribution in [0.25, 0.3) is 10.9 Å². The van der Waals surface area contributed by atoms with Gasteiger partial charge in [0, 0.05) is 24.7 Å². The molecular formula is C26H26N6O3. The van der Waals surface area contributed by atoms with E-state index in [4.69, 9.17) is 9.15 Å². The van der Waals surface area contributed by atoms with Crippen molar-refractivity contribution in [3.8, 4) is 5.75 Å². The molecule has 0 bridgehead atoms. The number of aromatic amines is 1. The average Bonchev–Trinajstić information content (AvgIpc) is 3.53. The molecule has 0 saturated carbocycles. The summed E-state index contributed by atoms with van der Waals surface area (Å²) in [7, 11) is 1.61. The van der Waals surface area contributed by atoms with Crippen molar-refractivity contribution in [3.05, 3.63) is 106 Å². The van der Waals surface area contributed by atoms with Gasteiger partial charge >= 0.3 is 0 Å². The van der Waals surface area contributed by atoms with Crippen LogP contribution in [0.2, 0.25) is 0 Å². The molecule has 0 fully saturated rings. The molecule has 178 valence electrons. The predicted molar refractivity (Wildman–Crippen MR) is 131 cm³/mol. The Morgan fingerprint density at radius 3 is 2.69 bits per heavy atom. The maximum atomic E-state index is 13.0. The highest BCUT2D eigenvalue weighted by molar-refractivity contribution is 5.80. The second kappa shape index (κ2) is 9.94. The van der Waals surface area contributed by atoms with Crippen molar-refractivity contribution in [2.75, 3.05) is 7.11 Å². The van der Waals surface area contributed by atoms with Gasteiger partial charge in [-0.3, -0.25) is 9.69 Å². The first kappa shape index (κ1) is 22.5. The zero-order valence-electron chi connectivity index (χ0n) is 19.6. The van der Waals surface area contributed by atoms with Crippen LogP contribution >= 0.6 is 0 Å². The van der Waals surface area contributed by atoms with Crippen LogP contribution in [0.1, 0.15) is 28.3 Å². The molecule has 5 rings (SSSR count). The minimum atomic E-state index is -0.130. The second-order valence-corrected chi connectivity index (χ2v) is 8.54. The van der Waals surface area contributed by atoms with E-state index in [1.165, 1.54) is 5.56 Å². The number of benzene rings is 2. The number of hydrogen-bond acceptors (Lipinski definition) is 7. The standard InChI is InChI=1S/C26H26N6O3/c1-18-5-7-19(8-6-18)14-31(17-25-28-29-30-32(25)16-23-4-3-11-35-23)15-21-12-20-9-10-22(34-2)13-24(20)27-26(21)33/h3-13H,14-17H2,1-2H3,(H,27,33). The van der Waals surface area contributed by atoms with Gasteiger partial charge in [0.2, 0.25) is 0 Å². The predicted octanol–water partition coefficient (Wildman–Crippen LogP) is 3.68. The number of nitrogens with zero attached hydrogens (tertiary/aromatic N) is 5. The molecule has 2 aromatic carbocycles. The van der Waals surface area contributed by atoms with Crippen LogP contribution in [0.4, 0.5) is 0 Å². The smallest absolute Gasteiger partial charge is 0.252 e. The third-order valence-corrected chi connectivity index (χ3v) is 5.91. The maximum Gasteiger partial charge on any atom is 0.252 e. The van der Waals surface area contributed by atoms with Gasteiger partial charge in [-0.1, -0.05) is 29.8 Å². The molecular weight excluding hydrogens is 444 g/mol. The van der Waals surface area contributed by atoms with Crippen LogP contribution in [0.3, 0.4) is 0 Å². The summed E-state index contributed by atoms with van der Waals surface area (Å²) in [4.78, 5) is 18.1. The topological polar surface area (TPSA) is 102 Å². The molecule has 9 heteroatoms. The van der Waals surface area contributed by atoms with Crippen molar-refractivity contribution in [3.63, 3.8) is 0 Å². The van der Waals surface area contributed by atoms with Crippen LogP contribution in [-0.2, 0) is 26.2 Å². The molecule has 0 unspecified atom stereocenters. The van der Waals surface area contributed by atoms with Gasteiger partial charge in [0.15, 0.2) is 5.82 Å². The van der Waals surface area contributed by atoms with E-state index in [0.29, 0.717) is 43.3 Å². The Labute approximate surface area is 202 Å². The summed E-state index contributed by atoms with van der Waals surface area (Å²) in [5, 5.41) is 13.2. The average molecular weight is 471 g/mol. The van der Waals surface area contributed by atoms with Gasteiger partial charge in [0.25, 0.3) is 5.56 Å². The maximum absolute atomic E-state index is 13.0. The summed E-state index contributed by atoms with van der Waals surface area (Å²) in [5.74, 6) is 2.16. The summed E-state index contributed by atoms with van der Waals surface area (Å²) in [6.45, 7) is 4.02. The molecule has 35 heavy (non-hydrogen) atoms. The lowest BCUT2D eigenvalue weighted by atomic mass is 10.1. The zero-order chi connectivity index (χ0) is 24.2. The Kier molecular flexibility index (Phi) is 6.40. The molecule has 0 spiro atoms. The van der Waals surface area contributed by atoms with Crippen molar-refractivity contribution in [2.45, 2.75) is 33.1 Å². The van der Waals surface area contributed by atoms with Gasteiger partial charge in [0.1, 0.15) is 18.1 Å². The molecule has 3 aromatic heterocycles. The summed E-state index contributed by atoms with van der Waals surface area (Å²) >= 11 is 0. The van der Waals surface area contributed by atoms with Crippen molar-refractivity contribution in [1.82, 2.24) is 30.1 Å². The molecule has 0 saturated heterocycles. The Balaban J connectivity index is 1.44. The van der Waals surface area contributed by atoms with Crippen molar-refractivity contribution >= 4 is 10.9 Å². The number of hydrogen-bond donors (Lipinski definition) is 1. The zero-order valence-corrected chi connectivity index (χ0v) is 19.6. The Bertz CT molecular complexity index is 1470. The fourth-order valence-electron chi connectivity index (χ4n) is 4.04. The third-order valence-electron chi connectivity index (χ3n) is 5.91. The highest BCUT2D eigenvalue weighted by Gasteiger charge is 2.16. The molecule has 0 amide bonds. The fraction of sp³-hybridized carbons (Fsp3) is 0.231. The summed E-state index contributed by atoms with van der Waals surface area (Å²) in [6.07, 6.45) is 1.63. The highest BCUT2D eigenvalue weighted by atomic mass is 16.5. The molecule has 9 nitrogen and oxygen atoms in total. The van der Waals surface area contributed by atoms with E-state index < -0.39 is 0 Å². The first-order valence-corrected chi connectivity index (χ1v) is 11.3. The largest absolute Gasteiger partial charge is 0.497 e. The molecule has 0 atom stereocenters. The highest BCUT2D eigenvalue weighted by Crippen LogP contribution is 2.20. The number of aryl methyl sites for hydroxylation is 1. The summed E-state index contributed by atoms with van der Waals surface area (Å²) in [6, 6.07) is 19.7. The second-order valence-electron chi connectivity index (χ2n) is 8.54. The van der Waals surface area contributed by atoms with E-state index in [0.717, 1.165) is 22.2 Å². The number of rotatable bonds is 9. The molecule has 0 aliphatic carbocycles. The van der Waals surface area contributed by atoms with Gasteiger partial charge in [0.05, 0.1) is 25.4 Å². The number of H-pyrrole nitrogens is 1. The van der Waals surface area contributed by atoms with Gasteiger partial charge in [-0.25, -0.2) is 4.68 Å². The lowest BCUT2D eigenvalue weighted by molar-refractivity contribution is 0.235. The fourth-order valence-corrected chi connectivity index (χ4v) is 4.04. The van der Waals surface area contributed by atoms with Gasteiger partial charge < -0.3 is 14.1 Å². The summed E-state index contributed by atoms with van der Waals surface area (Å²) in [5.41, 5.74) is 3.62. The number of tetrazole rings is 1. The Morgan fingerprint density at radius 2 is 1.91 bits per heavy atom. The first-order chi connectivity index (χ1) is 17.1. The van der Waals surface area contributed by atoms with Crippen LogP contribution in [0, 0.1) is 6.92 Å². The van der Waals surface area contributed by atoms with E-state index >= 15 is 0 Å². The number of pyridine rings is 1. The van der Waals surface area contributed by atoms with E-state index in [9.17, 15) is 4.79 Å². The quantitative estimate of drug-likeness (QED) is 0.351. The van der Waals surface area contributed by atoms with Crippen molar-refractivity contribution in [2.24, 2.45) is 0 Å². The van der Waals surface area contributed by atoms with Gasteiger partial charge in [-0.15, -0.1) is 5.10 Å². The molecule has 3 heterocycles. The third kappa shape index (κ3) is 5.30. The van der Waals surface area contributed by atoms with E-state index in [1.54, 1.807) is 18.1 Å². The summed E-state index contributed by atoms with van der Waals surface area (Å²) < 4.78 is 12.5. The number of aromatic nitrogens is 5. The molecule has 0 aliphatic rings. The monoisotopic (exact) mass is 470 g/mol. The minimum Gasteiger partial charge on any atom is -0.497 e. The lowest BCUT2D eigenvalue weighted by Crippen LogP contribution is -2.28. The number of fused-ring (bicyclic) bond motifs is 1. The Hall–Kier alpha value is -4.24. The lowest BCUT2D eigenvalue weighted by Gasteiger charge is -2.22. The van der Waals surface area contributed by atoms with Gasteiger partial charge in [-0.05, 0) is 58.6 Å². The van der Waals surface area contributed by atoms with Crippen LogP contribution in [0.5, 0.6) is 5.75 Å². The number of ether oxygens (including phenoxy) is 1. The number of nitrogens with one attached hydrogen (secondary N) is 1. The number of furan rings is 1. The van der Waals surface area contributed by atoms with Crippen LogP contribution in [-0.4, -0.2) is 37.2 Å². The van der Waals surface area contributed by atoms with E-state index in [2.05, 4.69) is 56.6 Å². The van der Waals surface area contributed by atoms with E-state index in [1.807, 2.05) is 36.4 Å². The van der Waals surface area contributed by atoms with Crippen molar-refractivity contribution in [1.29, 1.82) is 0 Å². The van der Waals surface area contributed by atoms with Crippen molar-refractivity contribution < 1.29 is 9.15 Å².